The summed E-state index contributed by atoms with van der Waals surface area (Å²) < 4.78 is 7.63. The Balaban J connectivity index is 1.70. The SMILES string of the molecule is COc1ccc(N2C(=S)NC(c3ccccn3)C2c2cc(C)n(-c3cc(Cl)ccc3C)c2C)cc1Cl. The first kappa shape index (κ1) is 24.6. The van der Waals surface area contributed by atoms with E-state index in [1.54, 1.807) is 7.11 Å². The molecule has 0 saturated carbocycles. The molecule has 2 aromatic carbocycles. The predicted octanol–water partition coefficient (Wildman–Crippen LogP) is 7.29. The number of rotatable bonds is 5. The molecular formula is C28H26Cl2N4OS. The highest BCUT2D eigenvalue weighted by Crippen LogP contribution is 2.45. The van der Waals surface area contributed by atoms with Crippen molar-refractivity contribution in [3.63, 3.8) is 0 Å². The Hall–Kier alpha value is -3.06. The number of halogens is 2. The Kier molecular flexibility index (Phi) is 6.68. The van der Waals surface area contributed by atoms with Crippen LogP contribution in [0.2, 0.25) is 10.0 Å². The maximum absolute atomic E-state index is 6.53. The fraction of sp³-hybridized carbons (Fsp3) is 0.214. The number of anilines is 1. The summed E-state index contributed by atoms with van der Waals surface area (Å²) in [6.45, 7) is 6.35. The van der Waals surface area contributed by atoms with Gasteiger partial charge in [-0.15, -0.1) is 0 Å². The van der Waals surface area contributed by atoms with Gasteiger partial charge in [0.25, 0.3) is 0 Å². The largest absolute Gasteiger partial charge is 0.495 e. The molecule has 1 aliphatic rings. The lowest BCUT2D eigenvalue weighted by atomic mass is 9.96. The molecule has 4 aromatic rings. The number of pyridine rings is 1. The van der Waals surface area contributed by atoms with E-state index in [0.29, 0.717) is 20.9 Å². The summed E-state index contributed by atoms with van der Waals surface area (Å²) in [6, 6.07) is 19.6. The number of benzene rings is 2. The number of thiocarbonyl (C=S) groups is 1. The molecule has 2 atom stereocenters. The van der Waals surface area contributed by atoms with Crippen molar-refractivity contribution in [1.82, 2.24) is 14.9 Å². The second kappa shape index (κ2) is 9.77. The van der Waals surface area contributed by atoms with Crippen molar-refractivity contribution >= 4 is 46.2 Å². The van der Waals surface area contributed by atoms with E-state index in [4.69, 9.17) is 40.2 Å². The van der Waals surface area contributed by atoms with Gasteiger partial charge in [0.05, 0.1) is 29.9 Å². The number of ether oxygens (including phenoxy) is 1. The van der Waals surface area contributed by atoms with E-state index >= 15 is 0 Å². The fourth-order valence-electron chi connectivity index (χ4n) is 5.04. The predicted molar refractivity (Wildman–Crippen MR) is 151 cm³/mol. The molecule has 184 valence electrons. The smallest absolute Gasteiger partial charge is 0.174 e. The van der Waals surface area contributed by atoms with Gasteiger partial charge >= 0.3 is 0 Å². The third-order valence-electron chi connectivity index (χ3n) is 6.71. The van der Waals surface area contributed by atoms with Crippen LogP contribution in [0.4, 0.5) is 5.69 Å². The number of hydrogen-bond donors (Lipinski definition) is 1. The second-order valence-electron chi connectivity index (χ2n) is 8.91. The molecule has 1 N–H and O–H groups in total. The van der Waals surface area contributed by atoms with Crippen molar-refractivity contribution in [2.24, 2.45) is 0 Å². The van der Waals surface area contributed by atoms with Crippen LogP contribution < -0.4 is 15.0 Å². The summed E-state index contributed by atoms with van der Waals surface area (Å²) in [5, 5.41) is 5.36. The van der Waals surface area contributed by atoms with E-state index < -0.39 is 0 Å². The zero-order valence-corrected chi connectivity index (χ0v) is 22.7. The summed E-state index contributed by atoms with van der Waals surface area (Å²) in [6.07, 6.45) is 1.81. The average Bonchev–Trinajstić information content (AvgIpc) is 3.36. The van der Waals surface area contributed by atoms with Gasteiger partial charge < -0.3 is 19.5 Å². The van der Waals surface area contributed by atoms with Crippen molar-refractivity contribution in [2.45, 2.75) is 32.9 Å². The van der Waals surface area contributed by atoms with Crippen molar-refractivity contribution in [2.75, 3.05) is 12.0 Å². The van der Waals surface area contributed by atoms with Gasteiger partial charge in [-0.3, -0.25) is 4.98 Å². The van der Waals surface area contributed by atoms with Gasteiger partial charge in [-0.05, 0) is 92.6 Å². The number of hydrogen-bond acceptors (Lipinski definition) is 3. The fourth-order valence-corrected chi connectivity index (χ4v) is 5.80. The normalized spacial score (nSPS) is 17.4. The van der Waals surface area contributed by atoms with Gasteiger partial charge in [-0.1, -0.05) is 35.3 Å². The molecule has 5 nitrogen and oxygen atoms in total. The van der Waals surface area contributed by atoms with Gasteiger partial charge in [-0.2, -0.15) is 0 Å². The van der Waals surface area contributed by atoms with Gasteiger partial charge in [0.2, 0.25) is 0 Å². The van der Waals surface area contributed by atoms with Crippen LogP contribution in [0.5, 0.6) is 5.75 Å². The van der Waals surface area contributed by atoms with Crippen LogP contribution in [0, 0.1) is 20.8 Å². The van der Waals surface area contributed by atoms with E-state index in [1.807, 2.05) is 60.8 Å². The zero-order chi connectivity index (χ0) is 25.6. The lowest BCUT2D eigenvalue weighted by Crippen LogP contribution is -2.29. The molecule has 0 amide bonds. The van der Waals surface area contributed by atoms with Gasteiger partial charge in [0.15, 0.2) is 5.11 Å². The molecule has 8 heteroatoms. The first-order valence-corrected chi connectivity index (χ1v) is 12.8. The standard InChI is InChI=1S/C28H26Cl2N4OS/c1-16-8-9-19(29)14-24(16)33-17(2)13-21(18(33)3)27-26(23-7-5-6-12-31-23)32-28(36)34(27)20-10-11-25(35-4)22(30)15-20/h5-15,26-27H,1-4H3,(H,32,36). The molecule has 36 heavy (non-hydrogen) atoms. The monoisotopic (exact) mass is 536 g/mol. The highest BCUT2D eigenvalue weighted by Gasteiger charge is 2.42. The van der Waals surface area contributed by atoms with E-state index in [2.05, 4.69) is 46.6 Å². The Bertz CT molecular complexity index is 1450. The molecule has 3 heterocycles. The van der Waals surface area contributed by atoms with Crippen LogP contribution in [-0.2, 0) is 0 Å². The molecular weight excluding hydrogens is 511 g/mol. The van der Waals surface area contributed by atoms with E-state index in [-0.39, 0.29) is 12.1 Å². The summed E-state index contributed by atoms with van der Waals surface area (Å²) >= 11 is 18.8. The lowest BCUT2D eigenvalue weighted by Gasteiger charge is -2.28. The van der Waals surface area contributed by atoms with Crippen molar-refractivity contribution in [3.8, 4) is 11.4 Å². The number of methoxy groups -OCH3 is 1. The Morgan fingerprint density at radius 2 is 1.81 bits per heavy atom. The van der Waals surface area contributed by atoms with Gasteiger partial charge in [0.1, 0.15) is 5.75 Å². The van der Waals surface area contributed by atoms with Gasteiger partial charge in [-0.25, -0.2) is 0 Å². The molecule has 1 saturated heterocycles. The van der Waals surface area contributed by atoms with Crippen molar-refractivity contribution < 1.29 is 4.74 Å². The number of aryl methyl sites for hydroxylation is 2. The van der Waals surface area contributed by atoms with Crippen molar-refractivity contribution in [3.05, 3.63) is 105 Å². The average molecular weight is 538 g/mol. The lowest BCUT2D eigenvalue weighted by molar-refractivity contribution is 0.415. The second-order valence-corrected chi connectivity index (χ2v) is 10.1. The molecule has 5 rings (SSSR count). The molecule has 0 spiro atoms. The van der Waals surface area contributed by atoms with Crippen LogP contribution >= 0.6 is 35.4 Å². The minimum Gasteiger partial charge on any atom is -0.495 e. The first-order valence-electron chi connectivity index (χ1n) is 11.6. The van der Waals surface area contributed by atoms with Gasteiger partial charge in [0, 0.05) is 34.0 Å². The summed E-state index contributed by atoms with van der Waals surface area (Å²) in [5.41, 5.74) is 7.36. The third kappa shape index (κ3) is 4.23. The molecule has 1 aliphatic heterocycles. The van der Waals surface area contributed by atoms with Crippen LogP contribution in [0.1, 0.15) is 40.3 Å². The van der Waals surface area contributed by atoms with E-state index in [1.165, 1.54) is 0 Å². The Morgan fingerprint density at radius 1 is 1.00 bits per heavy atom. The molecule has 1 fully saturated rings. The van der Waals surface area contributed by atoms with E-state index in [0.717, 1.165) is 39.6 Å². The third-order valence-corrected chi connectivity index (χ3v) is 7.56. The summed E-state index contributed by atoms with van der Waals surface area (Å²) in [5.74, 6) is 0.617. The van der Waals surface area contributed by atoms with Crippen molar-refractivity contribution in [1.29, 1.82) is 0 Å². The number of nitrogens with one attached hydrogen (secondary N) is 1. The van der Waals surface area contributed by atoms with E-state index in [9.17, 15) is 0 Å². The van der Waals surface area contributed by atoms with Crippen LogP contribution in [-0.4, -0.2) is 21.8 Å². The molecule has 0 bridgehead atoms. The maximum atomic E-state index is 6.53. The maximum Gasteiger partial charge on any atom is 0.174 e. The minimum atomic E-state index is -0.158. The molecule has 2 unspecified atom stereocenters. The highest BCUT2D eigenvalue weighted by atomic mass is 35.5. The zero-order valence-electron chi connectivity index (χ0n) is 20.4. The topological polar surface area (TPSA) is 42.3 Å². The van der Waals surface area contributed by atoms with Crippen LogP contribution in [0.15, 0.2) is 66.9 Å². The van der Waals surface area contributed by atoms with Crippen LogP contribution in [0.25, 0.3) is 5.69 Å². The molecule has 2 aromatic heterocycles. The minimum absolute atomic E-state index is 0.156. The summed E-state index contributed by atoms with van der Waals surface area (Å²) in [4.78, 5) is 6.79. The molecule has 0 aliphatic carbocycles. The Morgan fingerprint density at radius 3 is 2.50 bits per heavy atom. The summed E-state index contributed by atoms with van der Waals surface area (Å²) in [7, 11) is 1.61. The number of nitrogens with zero attached hydrogens (tertiary/aromatic N) is 3. The number of aromatic nitrogens is 2. The first-order chi connectivity index (χ1) is 17.3. The highest BCUT2D eigenvalue weighted by molar-refractivity contribution is 7.80. The molecule has 0 radical (unpaired) electrons. The quantitative estimate of drug-likeness (QED) is 0.271. The van der Waals surface area contributed by atoms with Crippen LogP contribution in [0.3, 0.4) is 0 Å². The Labute approximate surface area is 226 Å².